The van der Waals surface area contributed by atoms with Crippen LogP contribution in [0.5, 0.6) is 0 Å². The van der Waals surface area contributed by atoms with Gasteiger partial charge in [-0.15, -0.1) is 3.89 Å². The lowest BCUT2D eigenvalue weighted by atomic mass is 9.99. The van der Waals surface area contributed by atoms with E-state index in [-0.39, 0.29) is 5.92 Å². The van der Waals surface area contributed by atoms with E-state index in [1.807, 2.05) is 31.2 Å². The number of aryl methyl sites for hydroxylation is 1. The third-order valence-corrected chi connectivity index (χ3v) is 3.28. The molecule has 4 heteroatoms. The van der Waals surface area contributed by atoms with E-state index < -0.39 is 16.0 Å². The minimum absolute atomic E-state index is 0.193. The lowest BCUT2D eigenvalue weighted by Gasteiger charge is -2.10. The van der Waals surface area contributed by atoms with E-state index >= 15 is 0 Å². The van der Waals surface area contributed by atoms with Crippen LogP contribution in [0.25, 0.3) is 0 Å². The highest BCUT2D eigenvalue weighted by Crippen LogP contribution is 2.14. The first-order chi connectivity index (χ1) is 6.88. The third kappa shape index (κ3) is 4.42. The smallest absolute Gasteiger partial charge is 0.195 e. The van der Waals surface area contributed by atoms with E-state index in [2.05, 4.69) is 0 Å². The Kier molecular flexibility index (Phi) is 3.85. The van der Waals surface area contributed by atoms with E-state index in [4.69, 9.17) is 0 Å². The monoisotopic (exact) mass is 230 g/mol. The maximum Gasteiger partial charge on any atom is 0.302 e. The Labute approximate surface area is 90.3 Å². The van der Waals surface area contributed by atoms with Crippen molar-refractivity contribution in [2.45, 2.75) is 20.3 Å². The van der Waals surface area contributed by atoms with Crippen molar-refractivity contribution in [1.29, 1.82) is 0 Å². The van der Waals surface area contributed by atoms with Gasteiger partial charge in [0, 0.05) is 0 Å². The summed E-state index contributed by atoms with van der Waals surface area (Å²) in [6, 6.07) is 7.73. The normalized spacial score (nSPS) is 13.8. The first-order valence-corrected chi connectivity index (χ1v) is 6.40. The lowest BCUT2D eigenvalue weighted by molar-refractivity contribution is 0.530. The van der Waals surface area contributed by atoms with Crippen molar-refractivity contribution in [3.63, 3.8) is 0 Å². The maximum atomic E-state index is 12.4. The lowest BCUT2D eigenvalue weighted by Crippen LogP contribution is -2.12. The summed E-state index contributed by atoms with van der Waals surface area (Å²) in [5, 5.41) is 0. The van der Waals surface area contributed by atoms with Crippen LogP contribution in [-0.4, -0.2) is 14.2 Å². The average molecular weight is 230 g/mol. The van der Waals surface area contributed by atoms with Crippen LogP contribution in [0.2, 0.25) is 0 Å². The summed E-state index contributed by atoms with van der Waals surface area (Å²) in [6.45, 7) is 3.70. The Hall–Kier alpha value is -0.900. The fourth-order valence-electron chi connectivity index (χ4n) is 1.61. The highest BCUT2D eigenvalue weighted by molar-refractivity contribution is 7.86. The van der Waals surface area contributed by atoms with Gasteiger partial charge in [0.1, 0.15) is 0 Å². The van der Waals surface area contributed by atoms with E-state index in [1.54, 1.807) is 6.92 Å². The van der Waals surface area contributed by atoms with Gasteiger partial charge in [-0.05, 0) is 30.4 Å². The zero-order chi connectivity index (χ0) is 11.5. The second-order valence-corrected chi connectivity index (χ2v) is 5.35. The van der Waals surface area contributed by atoms with Crippen LogP contribution >= 0.6 is 0 Å². The van der Waals surface area contributed by atoms with E-state index in [0.717, 1.165) is 11.1 Å². The van der Waals surface area contributed by atoms with Gasteiger partial charge in [0.15, 0.2) is 0 Å². The van der Waals surface area contributed by atoms with E-state index in [1.165, 1.54) is 0 Å². The largest absolute Gasteiger partial charge is 0.302 e. The highest BCUT2D eigenvalue weighted by Gasteiger charge is 2.14. The summed E-state index contributed by atoms with van der Waals surface area (Å²) >= 11 is 0. The van der Waals surface area contributed by atoms with Crippen LogP contribution < -0.4 is 0 Å². The molecule has 15 heavy (non-hydrogen) atoms. The summed E-state index contributed by atoms with van der Waals surface area (Å²) in [6.07, 6.45) is 0.593. The van der Waals surface area contributed by atoms with Crippen LogP contribution in [0.4, 0.5) is 3.89 Å². The molecule has 0 amide bonds. The molecular formula is C11H15FO2S. The van der Waals surface area contributed by atoms with Crippen molar-refractivity contribution >= 4 is 10.2 Å². The molecule has 0 heterocycles. The number of hydrogen-bond donors (Lipinski definition) is 0. The minimum Gasteiger partial charge on any atom is -0.195 e. The second kappa shape index (κ2) is 4.75. The summed E-state index contributed by atoms with van der Waals surface area (Å²) < 4.78 is 33.3. The molecule has 1 aromatic rings. The van der Waals surface area contributed by atoms with E-state index in [0.29, 0.717) is 6.42 Å². The topological polar surface area (TPSA) is 34.1 Å². The van der Waals surface area contributed by atoms with Crippen LogP contribution in [0, 0.1) is 12.8 Å². The molecule has 0 aromatic heterocycles. The van der Waals surface area contributed by atoms with Crippen LogP contribution in [0.15, 0.2) is 24.3 Å². The molecule has 1 atom stereocenters. The molecular weight excluding hydrogens is 215 g/mol. The Morgan fingerprint density at radius 2 is 1.93 bits per heavy atom. The standard InChI is InChI=1S/C11H15FO2S/c1-9(8-15(12,13)14)7-11-6-4-3-5-10(11)2/h3-6,9H,7-8H2,1-2H3. The van der Waals surface area contributed by atoms with Crippen LogP contribution in [0.1, 0.15) is 18.1 Å². The van der Waals surface area contributed by atoms with Gasteiger partial charge in [-0.25, -0.2) is 0 Å². The van der Waals surface area contributed by atoms with Gasteiger partial charge in [0.05, 0.1) is 5.75 Å². The number of rotatable bonds is 4. The zero-order valence-corrected chi connectivity index (χ0v) is 9.72. The number of halogens is 1. The van der Waals surface area contributed by atoms with Gasteiger partial charge < -0.3 is 0 Å². The molecule has 0 aliphatic heterocycles. The molecule has 0 bridgehead atoms. The molecule has 2 nitrogen and oxygen atoms in total. The fraction of sp³-hybridized carbons (Fsp3) is 0.455. The zero-order valence-electron chi connectivity index (χ0n) is 8.90. The minimum atomic E-state index is -4.36. The summed E-state index contributed by atoms with van der Waals surface area (Å²) in [5.41, 5.74) is 2.19. The molecule has 0 aliphatic rings. The SMILES string of the molecule is Cc1ccccc1CC(C)CS(=O)(=O)F. The highest BCUT2D eigenvalue weighted by atomic mass is 32.3. The molecule has 0 saturated heterocycles. The van der Waals surface area contributed by atoms with Gasteiger partial charge in [-0.1, -0.05) is 31.2 Å². The maximum absolute atomic E-state index is 12.4. The molecule has 1 unspecified atom stereocenters. The Morgan fingerprint density at radius 1 is 1.33 bits per heavy atom. The molecule has 0 radical (unpaired) electrons. The molecule has 0 saturated carbocycles. The Morgan fingerprint density at radius 3 is 2.47 bits per heavy atom. The summed E-state index contributed by atoms with van der Waals surface area (Å²) in [4.78, 5) is 0. The van der Waals surface area contributed by atoms with Gasteiger partial charge >= 0.3 is 10.2 Å². The quantitative estimate of drug-likeness (QED) is 0.745. The molecule has 0 aliphatic carbocycles. The Balaban J connectivity index is 2.67. The summed E-state index contributed by atoms with van der Waals surface area (Å²) in [7, 11) is -4.36. The van der Waals surface area contributed by atoms with Crippen LogP contribution in [0.3, 0.4) is 0 Å². The third-order valence-electron chi connectivity index (χ3n) is 2.31. The Bertz CT molecular complexity index is 426. The molecule has 1 rings (SSSR count). The molecule has 1 aromatic carbocycles. The second-order valence-electron chi connectivity index (χ2n) is 3.94. The van der Waals surface area contributed by atoms with Gasteiger partial charge in [0.2, 0.25) is 0 Å². The van der Waals surface area contributed by atoms with Crippen LogP contribution in [-0.2, 0) is 16.6 Å². The van der Waals surface area contributed by atoms with Crippen molar-refractivity contribution in [2.75, 3.05) is 5.75 Å². The van der Waals surface area contributed by atoms with Gasteiger partial charge in [0.25, 0.3) is 0 Å². The predicted octanol–water partition coefficient (Wildman–Crippen LogP) is 2.47. The average Bonchev–Trinajstić information content (AvgIpc) is 2.05. The number of benzene rings is 1. The molecule has 0 fully saturated rings. The van der Waals surface area contributed by atoms with Gasteiger partial charge in [-0.2, -0.15) is 8.42 Å². The van der Waals surface area contributed by atoms with Crippen molar-refractivity contribution in [2.24, 2.45) is 5.92 Å². The molecule has 84 valence electrons. The molecule has 0 spiro atoms. The first-order valence-electron chi connectivity index (χ1n) is 4.85. The fourth-order valence-corrected chi connectivity index (χ4v) is 2.41. The first kappa shape index (κ1) is 12.2. The van der Waals surface area contributed by atoms with Crippen molar-refractivity contribution in [3.8, 4) is 0 Å². The van der Waals surface area contributed by atoms with Gasteiger partial charge in [-0.3, -0.25) is 0 Å². The van der Waals surface area contributed by atoms with E-state index in [9.17, 15) is 12.3 Å². The number of hydrogen-bond acceptors (Lipinski definition) is 2. The predicted molar refractivity (Wildman–Crippen MR) is 58.9 cm³/mol. The van der Waals surface area contributed by atoms with Crippen molar-refractivity contribution < 1.29 is 12.3 Å². The summed E-state index contributed by atoms with van der Waals surface area (Å²) in [5.74, 6) is -0.595. The molecule has 0 N–H and O–H groups in total. The van der Waals surface area contributed by atoms with Crippen molar-refractivity contribution in [1.82, 2.24) is 0 Å². The van der Waals surface area contributed by atoms with Crippen molar-refractivity contribution in [3.05, 3.63) is 35.4 Å².